The highest BCUT2D eigenvalue weighted by Crippen LogP contribution is 2.31. The Labute approximate surface area is 160 Å². The topological polar surface area (TPSA) is 92.6 Å². The summed E-state index contributed by atoms with van der Waals surface area (Å²) in [6, 6.07) is 10.8. The van der Waals surface area contributed by atoms with Gasteiger partial charge in [0.15, 0.2) is 0 Å². The van der Waals surface area contributed by atoms with Gasteiger partial charge in [-0.05, 0) is 47.9 Å². The Balaban J connectivity index is 2.05. The van der Waals surface area contributed by atoms with Crippen LogP contribution < -0.4 is 5.32 Å². The van der Waals surface area contributed by atoms with E-state index in [1.807, 2.05) is 13.8 Å². The molecule has 2 amide bonds. The molecule has 28 heavy (non-hydrogen) atoms. The summed E-state index contributed by atoms with van der Waals surface area (Å²) in [4.78, 5) is 37.3. The Hall–Kier alpha value is -3.55. The Kier molecular flexibility index (Phi) is 5.21. The molecule has 2 aromatic carbocycles. The van der Waals surface area contributed by atoms with Crippen molar-refractivity contribution in [1.82, 2.24) is 4.90 Å². The Morgan fingerprint density at radius 3 is 2.18 bits per heavy atom. The minimum absolute atomic E-state index is 0.0612. The highest BCUT2D eigenvalue weighted by atomic mass is 19.1. The number of nitro groups is 1. The van der Waals surface area contributed by atoms with Crippen LogP contribution in [-0.2, 0) is 9.59 Å². The van der Waals surface area contributed by atoms with Gasteiger partial charge in [-0.2, -0.15) is 0 Å². The Bertz CT molecular complexity index is 966. The number of nitro benzene ring substituents is 1. The minimum atomic E-state index is -0.539. The second-order valence-electron chi connectivity index (χ2n) is 6.80. The van der Waals surface area contributed by atoms with Gasteiger partial charge in [0.25, 0.3) is 17.5 Å². The first-order valence-corrected chi connectivity index (χ1v) is 8.66. The number of non-ortho nitro benzene ring substituents is 1. The maximum Gasteiger partial charge on any atom is 0.278 e. The number of hydrogen-bond donors (Lipinski definition) is 1. The lowest BCUT2D eigenvalue weighted by Gasteiger charge is -2.17. The van der Waals surface area contributed by atoms with Crippen LogP contribution in [0.3, 0.4) is 0 Å². The zero-order chi connectivity index (χ0) is 20.4. The van der Waals surface area contributed by atoms with Gasteiger partial charge in [0, 0.05) is 24.4 Å². The summed E-state index contributed by atoms with van der Waals surface area (Å²) in [7, 11) is 0. The number of hydrogen-bond acceptors (Lipinski definition) is 5. The number of halogens is 1. The number of nitrogens with one attached hydrogen (secondary N) is 1. The van der Waals surface area contributed by atoms with Gasteiger partial charge < -0.3 is 5.32 Å². The summed E-state index contributed by atoms with van der Waals surface area (Å²) >= 11 is 0. The maximum atomic E-state index is 13.2. The molecule has 0 aromatic heterocycles. The number of carbonyl (C=O) groups is 2. The lowest BCUT2D eigenvalue weighted by Crippen LogP contribution is -2.35. The molecule has 0 saturated carbocycles. The van der Waals surface area contributed by atoms with Gasteiger partial charge in [-0.25, -0.2) is 4.39 Å². The van der Waals surface area contributed by atoms with Crippen molar-refractivity contribution in [3.8, 4) is 0 Å². The molecule has 0 aliphatic carbocycles. The van der Waals surface area contributed by atoms with Crippen molar-refractivity contribution in [3.63, 3.8) is 0 Å². The molecule has 0 unspecified atom stereocenters. The molecular formula is C20H18FN3O4. The van der Waals surface area contributed by atoms with Gasteiger partial charge in [-0.15, -0.1) is 0 Å². The molecule has 0 saturated heterocycles. The first-order valence-electron chi connectivity index (χ1n) is 8.66. The van der Waals surface area contributed by atoms with E-state index in [9.17, 15) is 24.1 Å². The predicted molar refractivity (Wildman–Crippen MR) is 102 cm³/mol. The number of carbonyl (C=O) groups excluding carboxylic acids is 2. The van der Waals surface area contributed by atoms with Gasteiger partial charge in [-0.3, -0.25) is 24.6 Å². The number of benzene rings is 2. The molecular weight excluding hydrogens is 365 g/mol. The summed E-state index contributed by atoms with van der Waals surface area (Å²) < 4.78 is 13.2. The lowest BCUT2D eigenvalue weighted by atomic mass is 10.0. The SMILES string of the molecule is CC(C)CN1C(=O)C(Nc2ccc(F)cc2)=C(c2ccc([N+](=O)[O-])cc2)C1=O. The molecule has 1 heterocycles. The summed E-state index contributed by atoms with van der Waals surface area (Å²) in [5, 5.41) is 13.8. The Morgan fingerprint density at radius 1 is 1.04 bits per heavy atom. The number of anilines is 1. The molecule has 1 N–H and O–H groups in total. The second-order valence-corrected chi connectivity index (χ2v) is 6.80. The average molecular weight is 383 g/mol. The van der Waals surface area contributed by atoms with Crippen LogP contribution in [-0.4, -0.2) is 28.2 Å². The molecule has 0 atom stereocenters. The molecule has 8 heteroatoms. The third kappa shape index (κ3) is 3.75. The largest absolute Gasteiger partial charge is 0.350 e. The lowest BCUT2D eigenvalue weighted by molar-refractivity contribution is -0.384. The monoisotopic (exact) mass is 383 g/mol. The maximum absolute atomic E-state index is 13.2. The summed E-state index contributed by atoms with van der Waals surface area (Å²) in [6.07, 6.45) is 0. The van der Waals surface area contributed by atoms with Crippen LogP contribution in [0.25, 0.3) is 5.57 Å². The van der Waals surface area contributed by atoms with Crippen molar-refractivity contribution in [2.24, 2.45) is 5.92 Å². The Morgan fingerprint density at radius 2 is 1.64 bits per heavy atom. The minimum Gasteiger partial charge on any atom is -0.350 e. The van der Waals surface area contributed by atoms with Gasteiger partial charge in [-0.1, -0.05) is 13.8 Å². The second kappa shape index (κ2) is 7.59. The van der Waals surface area contributed by atoms with E-state index in [0.29, 0.717) is 11.3 Å². The van der Waals surface area contributed by atoms with Crippen LogP contribution in [0.5, 0.6) is 0 Å². The van der Waals surface area contributed by atoms with Crippen LogP contribution in [0, 0.1) is 21.8 Å². The van der Waals surface area contributed by atoms with E-state index in [2.05, 4.69) is 5.32 Å². The first-order chi connectivity index (χ1) is 13.3. The van der Waals surface area contributed by atoms with Crippen molar-refractivity contribution >= 4 is 28.8 Å². The average Bonchev–Trinajstić information content (AvgIpc) is 2.87. The number of nitrogens with zero attached hydrogens (tertiary/aromatic N) is 2. The van der Waals surface area contributed by atoms with Gasteiger partial charge in [0.2, 0.25) is 0 Å². The molecule has 1 aliphatic heterocycles. The van der Waals surface area contributed by atoms with E-state index in [1.54, 1.807) is 0 Å². The molecule has 144 valence electrons. The summed E-state index contributed by atoms with van der Waals surface area (Å²) in [5.41, 5.74) is 0.910. The summed E-state index contributed by atoms with van der Waals surface area (Å²) in [5.74, 6) is -1.32. The van der Waals surface area contributed by atoms with Crippen molar-refractivity contribution < 1.29 is 18.9 Å². The smallest absolute Gasteiger partial charge is 0.278 e. The van der Waals surface area contributed by atoms with Crippen molar-refractivity contribution in [3.05, 3.63) is 75.7 Å². The van der Waals surface area contributed by atoms with Crippen LogP contribution in [0.2, 0.25) is 0 Å². The number of imide groups is 1. The zero-order valence-corrected chi connectivity index (χ0v) is 15.3. The third-order valence-electron chi connectivity index (χ3n) is 4.20. The number of amides is 2. The highest BCUT2D eigenvalue weighted by molar-refractivity contribution is 6.36. The molecule has 0 bridgehead atoms. The molecule has 3 rings (SSSR count). The molecule has 2 aromatic rings. The van der Waals surface area contributed by atoms with Crippen LogP contribution >= 0.6 is 0 Å². The predicted octanol–water partition coefficient (Wildman–Crippen LogP) is 3.58. The molecule has 7 nitrogen and oxygen atoms in total. The van der Waals surface area contributed by atoms with Crippen LogP contribution in [0.4, 0.5) is 15.8 Å². The first kappa shape index (κ1) is 19.2. The fourth-order valence-electron chi connectivity index (χ4n) is 2.92. The van der Waals surface area contributed by atoms with Crippen molar-refractivity contribution in [1.29, 1.82) is 0 Å². The number of rotatable bonds is 6. The quantitative estimate of drug-likeness (QED) is 0.468. The van der Waals surface area contributed by atoms with E-state index < -0.39 is 22.6 Å². The van der Waals surface area contributed by atoms with Crippen LogP contribution in [0.15, 0.2) is 54.2 Å². The van der Waals surface area contributed by atoms with Gasteiger partial charge in [0.1, 0.15) is 11.5 Å². The van der Waals surface area contributed by atoms with E-state index in [1.165, 1.54) is 48.5 Å². The third-order valence-corrected chi connectivity index (χ3v) is 4.20. The van der Waals surface area contributed by atoms with Crippen molar-refractivity contribution in [2.45, 2.75) is 13.8 Å². The standard InChI is InChI=1S/C20H18FN3O4/c1-12(2)11-23-19(25)17(13-3-9-16(10-4-13)24(27)28)18(20(23)26)22-15-7-5-14(21)6-8-15/h3-10,12,22H,11H2,1-2H3. The van der Waals surface area contributed by atoms with Gasteiger partial charge >= 0.3 is 0 Å². The molecule has 0 radical (unpaired) electrons. The van der Waals surface area contributed by atoms with E-state index in [0.717, 1.165) is 4.90 Å². The van der Waals surface area contributed by atoms with E-state index in [-0.39, 0.29) is 29.4 Å². The fourth-order valence-corrected chi connectivity index (χ4v) is 2.92. The normalized spacial score (nSPS) is 14.2. The van der Waals surface area contributed by atoms with E-state index in [4.69, 9.17) is 0 Å². The summed E-state index contributed by atoms with van der Waals surface area (Å²) in [6.45, 7) is 4.01. The molecule has 0 spiro atoms. The molecule has 1 aliphatic rings. The van der Waals surface area contributed by atoms with Gasteiger partial charge in [0.05, 0.1) is 10.5 Å². The zero-order valence-electron chi connectivity index (χ0n) is 15.3. The van der Waals surface area contributed by atoms with Crippen LogP contribution in [0.1, 0.15) is 19.4 Å². The van der Waals surface area contributed by atoms with E-state index >= 15 is 0 Å². The van der Waals surface area contributed by atoms with Crippen molar-refractivity contribution in [2.75, 3.05) is 11.9 Å². The molecule has 0 fully saturated rings. The highest BCUT2D eigenvalue weighted by Gasteiger charge is 2.39. The fraction of sp³-hybridized carbons (Fsp3) is 0.200.